The molecule has 0 aliphatic heterocycles. The van der Waals surface area contributed by atoms with E-state index >= 15 is 0 Å². The first kappa shape index (κ1) is 40.7. The van der Waals surface area contributed by atoms with Crippen molar-refractivity contribution in [2.75, 3.05) is 27.2 Å². The van der Waals surface area contributed by atoms with Gasteiger partial charge in [-0.15, -0.1) is 0 Å². The van der Waals surface area contributed by atoms with Crippen LogP contribution in [0.15, 0.2) is 11.6 Å². The van der Waals surface area contributed by atoms with Crippen molar-refractivity contribution in [3.63, 3.8) is 0 Å². The molecule has 1 heteroatoms. The zero-order valence-electron chi connectivity index (χ0n) is 31.2. The molecule has 6 atom stereocenters. The highest BCUT2D eigenvalue weighted by molar-refractivity contribution is 5.04. The van der Waals surface area contributed by atoms with E-state index in [0.29, 0.717) is 0 Å². The first-order valence-corrected chi connectivity index (χ1v) is 18.7. The molecule has 0 heterocycles. The first-order chi connectivity index (χ1) is 19.2. The molecule has 0 N–H and O–H groups in total. The van der Waals surface area contributed by atoms with Crippen LogP contribution in [0.25, 0.3) is 0 Å². The molecule has 0 saturated carbocycles. The summed E-state index contributed by atoms with van der Waals surface area (Å²) >= 11 is 0. The summed E-state index contributed by atoms with van der Waals surface area (Å²) in [6.07, 6.45) is 23.5. The Balaban J connectivity index is 4.95. The van der Waals surface area contributed by atoms with E-state index in [-0.39, 0.29) is 0 Å². The minimum Gasteiger partial charge on any atom is -0.328 e. The molecule has 246 valence electrons. The zero-order valence-corrected chi connectivity index (χ0v) is 31.2. The lowest BCUT2D eigenvalue weighted by atomic mass is 9.81. The second-order valence-electron chi connectivity index (χ2n) is 16.5. The summed E-state index contributed by atoms with van der Waals surface area (Å²) in [5.74, 6) is 6.86. The topological polar surface area (TPSA) is 0 Å². The van der Waals surface area contributed by atoms with Crippen molar-refractivity contribution in [2.45, 2.75) is 172 Å². The van der Waals surface area contributed by atoms with E-state index in [4.69, 9.17) is 0 Å². The van der Waals surface area contributed by atoms with Gasteiger partial charge in [-0.2, -0.15) is 0 Å². The summed E-state index contributed by atoms with van der Waals surface area (Å²) in [5.41, 5.74) is 1.70. The predicted octanol–water partition coefficient (Wildman–Crippen LogP) is 13.0. The largest absolute Gasteiger partial charge is 0.328 e. The Kier molecular flexibility index (Phi) is 23.0. The number of hydrogen-bond donors (Lipinski definition) is 0. The van der Waals surface area contributed by atoms with E-state index in [0.717, 1.165) is 47.3 Å². The second kappa shape index (κ2) is 23.1. The predicted molar refractivity (Wildman–Crippen MR) is 190 cm³/mol. The van der Waals surface area contributed by atoms with E-state index in [1.165, 1.54) is 114 Å². The molecule has 0 aromatic carbocycles. The van der Waals surface area contributed by atoms with Crippen molar-refractivity contribution in [3.8, 4) is 0 Å². The van der Waals surface area contributed by atoms with Gasteiger partial charge in [0.25, 0.3) is 0 Å². The van der Waals surface area contributed by atoms with Crippen LogP contribution < -0.4 is 0 Å². The van der Waals surface area contributed by atoms with E-state index in [9.17, 15) is 0 Å². The first-order valence-electron chi connectivity index (χ1n) is 18.7. The standard InChI is InChI=1S/C40H82N/c1-14-34(8)21-23-38(31-36(10)27-29-41(12,13)28-26-33(6)7)19-17-18-35(9)30-39(22-20-32(4)5)24-25-40(16-3)37(11)15-2/h16,32-39H,14-15,17-31H2,1-13H3/q+1/b40-16+. The molecule has 0 amide bonds. The molecule has 0 aliphatic rings. The number of hydrogen-bond acceptors (Lipinski definition) is 0. The SMILES string of the molecule is C/C=C(\CCC(CCC(C)C)CC(C)CCCC(CCC(C)CC)CC(C)CC[N+](C)(C)CCC(C)C)C(C)CC. The normalized spacial score (nSPS) is 17.6. The lowest BCUT2D eigenvalue weighted by molar-refractivity contribution is -0.891. The molecular weight excluding hydrogens is 494 g/mol. The summed E-state index contributed by atoms with van der Waals surface area (Å²) < 4.78 is 1.20. The van der Waals surface area contributed by atoms with Crippen molar-refractivity contribution in [1.29, 1.82) is 0 Å². The Labute approximate surface area is 262 Å². The second-order valence-corrected chi connectivity index (χ2v) is 16.5. The van der Waals surface area contributed by atoms with Crippen LogP contribution in [0.3, 0.4) is 0 Å². The van der Waals surface area contributed by atoms with Gasteiger partial charge in [0.1, 0.15) is 0 Å². The smallest absolute Gasteiger partial charge is 0.0785 e. The summed E-state index contributed by atoms with van der Waals surface area (Å²) in [7, 11) is 4.91. The highest BCUT2D eigenvalue weighted by Gasteiger charge is 2.21. The molecule has 0 fully saturated rings. The van der Waals surface area contributed by atoms with Crippen molar-refractivity contribution in [1.82, 2.24) is 0 Å². The van der Waals surface area contributed by atoms with E-state index in [1.54, 1.807) is 5.57 Å². The highest BCUT2D eigenvalue weighted by atomic mass is 15.3. The van der Waals surface area contributed by atoms with Crippen LogP contribution in [0, 0.1) is 47.3 Å². The van der Waals surface area contributed by atoms with Crippen molar-refractivity contribution in [2.24, 2.45) is 47.3 Å². The van der Waals surface area contributed by atoms with Crippen LogP contribution in [-0.4, -0.2) is 31.7 Å². The lowest BCUT2D eigenvalue weighted by Crippen LogP contribution is -2.42. The third kappa shape index (κ3) is 22.0. The van der Waals surface area contributed by atoms with Crippen molar-refractivity contribution in [3.05, 3.63) is 11.6 Å². The van der Waals surface area contributed by atoms with Crippen LogP contribution >= 0.6 is 0 Å². The van der Waals surface area contributed by atoms with Gasteiger partial charge in [-0.25, -0.2) is 0 Å². The summed E-state index contributed by atoms with van der Waals surface area (Å²) in [5, 5.41) is 0. The van der Waals surface area contributed by atoms with Gasteiger partial charge in [-0.05, 0) is 99.2 Å². The number of quaternary nitrogens is 1. The monoisotopic (exact) mass is 577 g/mol. The van der Waals surface area contributed by atoms with E-state index < -0.39 is 0 Å². The molecule has 0 saturated heterocycles. The van der Waals surface area contributed by atoms with E-state index in [1.807, 2.05) is 0 Å². The Hall–Kier alpha value is -0.300. The summed E-state index contributed by atoms with van der Waals surface area (Å²) in [6, 6.07) is 0. The Morgan fingerprint density at radius 2 is 1.10 bits per heavy atom. The third-order valence-electron chi connectivity index (χ3n) is 10.7. The molecular formula is C40H82N+. The quantitative estimate of drug-likeness (QED) is 0.0709. The van der Waals surface area contributed by atoms with Gasteiger partial charge >= 0.3 is 0 Å². The van der Waals surface area contributed by atoms with Crippen LogP contribution in [0.4, 0.5) is 0 Å². The molecule has 41 heavy (non-hydrogen) atoms. The molecule has 6 unspecified atom stereocenters. The highest BCUT2D eigenvalue weighted by Crippen LogP contribution is 2.32. The van der Waals surface area contributed by atoms with Crippen molar-refractivity contribution < 1.29 is 4.48 Å². The Morgan fingerprint density at radius 3 is 1.63 bits per heavy atom. The third-order valence-corrected chi connectivity index (χ3v) is 10.7. The average molecular weight is 577 g/mol. The maximum atomic E-state index is 2.57. The van der Waals surface area contributed by atoms with Gasteiger partial charge in [-0.3, -0.25) is 0 Å². The minimum absolute atomic E-state index is 0.753. The van der Waals surface area contributed by atoms with Gasteiger partial charge < -0.3 is 4.48 Å². The van der Waals surface area contributed by atoms with Gasteiger partial charge in [0.05, 0.1) is 27.2 Å². The lowest BCUT2D eigenvalue weighted by Gasteiger charge is -2.32. The van der Waals surface area contributed by atoms with Crippen LogP contribution in [-0.2, 0) is 0 Å². The summed E-state index contributed by atoms with van der Waals surface area (Å²) in [4.78, 5) is 0. The van der Waals surface area contributed by atoms with Crippen LogP contribution in [0.5, 0.6) is 0 Å². The molecule has 0 rings (SSSR count). The van der Waals surface area contributed by atoms with Crippen LogP contribution in [0.2, 0.25) is 0 Å². The van der Waals surface area contributed by atoms with E-state index in [2.05, 4.69) is 96.3 Å². The number of allylic oxidation sites excluding steroid dienone is 2. The molecule has 0 spiro atoms. The average Bonchev–Trinajstić information content (AvgIpc) is 2.91. The van der Waals surface area contributed by atoms with Crippen molar-refractivity contribution >= 4 is 0 Å². The molecule has 1 nitrogen and oxygen atoms in total. The maximum Gasteiger partial charge on any atom is 0.0785 e. The number of nitrogens with zero attached hydrogens (tertiary/aromatic N) is 1. The Morgan fingerprint density at radius 1 is 0.561 bits per heavy atom. The molecule has 0 aromatic heterocycles. The fourth-order valence-corrected chi connectivity index (χ4v) is 6.78. The van der Waals surface area contributed by atoms with Gasteiger partial charge in [0, 0.05) is 0 Å². The maximum absolute atomic E-state index is 2.57. The Bertz CT molecular complexity index is 629. The fourth-order valence-electron chi connectivity index (χ4n) is 6.78. The molecule has 0 bridgehead atoms. The number of rotatable bonds is 26. The van der Waals surface area contributed by atoms with Crippen LogP contribution in [0.1, 0.15) is 172 Å². The molecule has 0 aliphatic carbocycles. The molecule has 0 aromatic rings. The molecule has 0 radical (unpaired) electrons. The summed E-state index contributed by atoms with van der Waals surface area (Å²) in [6.45, 7) is 29.2. The minimum atomic E-state index is 0.753. The zero-order chi connectivity index (χ0) is 31.4. The fraction of sp³-hybridized carbons (Fsp3) is 0.950. The van der Waals surface area contributed by atoms with Gasteiger partial charge in [-0.1, -0.05) is 132 Å². The van der Waals surface area contributed by atoms with Gasteiger partial charge in [0.15, 0.2) is 0 Å². The van der Waals surface area contributed by atoms with Gasteiger partial charge in [0.2, 0.25) is 0 Å².